The van der Waals surface area contributed by atoms with Crippen LogP contribution in [0.3, 0.4) is 0 Å². The molecule has 5 nitrogen and oxygen atoms in total. The normalized spacial score (nSPS) is 11.3. The van der Waals surface area contributed by atoms with Crippen LogP contribution in [0.1, 0.15) is 39.2 Å². The molecule has 3 aromatic rings. The molecule has 3 aromatic carbocycles. The Morgan fingerprint density at radius 2 is 1.50 bits per heavy atom. The first-order valence-electron chi connectivity index (χ1n) is 9.27. The van der Waals surface area contributed by atoms with Crippen molar-refractivity contribution in [2.45, 2.75) is 13.0 Å². The largest absolute Gasteiger partial charge is 0.345 e. The number of carbonyl (C=O) groups excluding carboxylic acids is 2. The molecule has 0 saturated heterocycles. The molecule has 3 N–H and O–H groups in total. The van der Waals surface area contributed by atoms with Crippen molar-refractivity contribution in [3.8, 4) is 0 Å². The fourth-order valence-electron chi connectivity index (χ4n) is 2.82. The van der Waals surface area contributed by atoms with Gasteiger partial charge in [-0.05, 0) is 61.1 Å². The van der Waals surface area contributed by atoms with Gasteiger partial charge in [-0.15, -0.1) is 0 Å². The highest BCUT2D eigenvalue weighted by atomic mass is 35.5. The van der Waals surface area contributed by atoms with Gasteiger partial charge in [0.25, 0.3) is 11.8 Å². The number of thiocarbonyl (C=S) groups is 1. The van der Waals surface area contributed by atoms with Crippen LogP contribution >= 0.6 is 23.8 Å². The van der Waals surface area contributed by atoms with Crippen LogP contribution < -0.4 is 16.0 Å². The lowest BCUT2D eigenvalue weighted by Gasteiger charge is -2.17. The molecule has 0 saturated carbocycles. The van der Waals surface area contributed by atoms with E-state index in [0.29, 0.717) is 21.8 Å². The van der Waals surface area contributed by atoms with Crippen molar-refractivity contribution in [1.29, 1.82) is 0 Å². The summed E-state index contributed by atoms with van der Waals surface area (Å²) in [7, 11) is 0. The maximum absolute atomic E-state index is 12.8. The number of anilines is 1. The summed E-state index contributed by atoms with van der Waals surface area (Å²) >= 11 is 11.1. The van der Waals surface area contributed by atoms with Crippen LogP contribution in [-0.2, 0) is 0 Å². The van der Waals surface area contributed by atoms with Crippen molar-refractivity contribution in [3.63, 3.8) is 0 Å². The summed E-state index contributed by atoms with van der Waals surface area (Å²) in [5.74, 6) is -0.620. The van der Waals surface area contributed by atoms with Gasteiger partial charge in [0.15, 0.2) is 5.11 Å². The minimum Gasteiger partial charge on any atom is -0.345 e. The maximum Gasteiger partial charge on any atom is 0.257 e. The molecular formula is C23H20ClN3O2S. The van der Waals surface area contributed by atoms with Crippen LogP contribution in [0.15, 0.2) is 78.9 Å². The van der Waals surface area contributed by atoms with Gasteiger partial charge < -0.3 is 10.6 Å². The molecule has 0 aliphatic heterocycles. The number of hydrogen-bond acceptors (Lipinski definition) is 3. The van der Waals surface area contributed by atoms with Gasteiger partial charge in [-0.25, -0.2) is 0 Å². The van der Waals surface area contributed by atoms with Crippen molar-refractivity contribution in [2.24, 2.45) is 0 Å². The lowest BCUT2D eigenvalue weighted by Crippen LogP contribution is -2.35. The summed E-state index contributed by atoms with van der Waals surface area (Å²) in [6, 6.07) is 22.9. The van der Waals surface area contributed by atoms with E-state index in [1.54, 1.807) is 48.5 Å². The predicted molar refractivity (Wildman–Crippen MR) is 124 cm³/mol. The quantitative estimate of drug-likeness (QED) is 0.493. The Hall–Kier alpha value is -3.22. The fraction of sp³-hybridized carbons (Fsp3) is 0.0870. The molecule has 0 spiro atoms. The molecule has 3 rings (SSSR count). The standard InChI is InChI=1S/C23H20ClN3O2S/c1-15(16-7-3-2-4-8-16)25-22(29)19-9-5-6-10-20(19)26-23(30)27-21(28)17-11-13-18(24)14-12-17/h2-15H,1H3,(H,25,29)(H2,26,27,28,30). The number of amides is 2. The van der Waals surface area contributed by atoms with E-state index in [4.69, 9.17) is 23.8 Å². The molecule has 152 valence electrons. The molecule has 0 radical (unpaired) electrons. The number of benzene rings is 3. The van der Waals surface area contributed by atoms with Crippen molar-refractivity contribution >= 4 is 46.4 Å². The lowest BCUT2D eigenvalue weighted by molar-refractivity contribution is 0.0939. The maximum atomic E-state index is 12.8. The molecule has 0 fully saturated rings. The molecule has 1 unspecified atom stereocenters. The molecular weight excluding hydrogens is 418 g/mol. The SMILES string of the molecule is CC(NC(=O)c1ccccc1NC(=S)NC(=O)c1ccc(Cl)cc1)c1ccccc1. The second kappa shape index (κ2) is 10.0. The Labute approximate surface area is 185 Å². The molecule has 0 aliphatic rings. The zero-order valence-corrected chi connectivity index (χ0v) is 17.8. The molecule has 0 heterocycles. The Morgan fingerprint density at radius 1 is 0.867 bits per heavy atom. The van der Waals surface area contributed by atoms with Gasteiger partial charge in [-0.3, -0.25) is 14.9 Å². The first-order chi connectivity index (χ1) is 14.4. The zero-order chi connectivity index (χ0) is 21.5. The van der Waals surface area contributed by atoms with E-state index in [2.05, 4.69) is 16.0 Å². The smallest absolute Gasteiger partial charge is 0.257 e. The minimum atomic E-state index is -0.371. The highest BCUT2D eigenvalue weighted by molar-refractivity contribution is 7.80. The number of carbonyl (C=O) groups is 2. The third-order valence-corrected chi connectivity index (χ3v) is 4.86. The first-order valence-corrected chi connectivity index (χ1v) is 10.1. The van der Waals surface area contributed by atoms with Crippen LogP contribution in [0, 0.1) is 0 Å². The van der Waals surface area contributed by atoms with Crippen molar-refractivity contribution < 1.29 is 9.59 Å². The zero-order valence-electron chi connectivity index (χ0n) is 16.2. The van der Waals surface area contributed by atoms with Crippen LogP contribution in [0.25, 0.3) is 0 Å². The second-order valence-corrected chi connectivity index (χ2v) is 7.41. The molecule has 2 amide bonds. The average molecular weight is 438 g/mol. The Bertz CT molecular complexity index is 1060. The summed E-state index contributed by atoms with van der Waals surface area (Å²) in [5, 5.41) is 9.14. The second-order valence-electron chi connectivity index (χ2n) is 6.57. The van der Waals surface area contributed by atoms with Gasteiger partial charge in [-0.2, -0.15) is 0 Å². The summed E-state index contributed by atoms with van der Waals surface area (Å²) in [4.78, 5) is 25.1. The third kappa shape index (κ3) is 5.65. The van der Waals surface area contributed by atoms with E-state index < -0.39 is 0 Å². The van der Waals surface area contributed by atoms with Gasteiger partial charge in [0.1, 0.15) is 0 Å². The molecule has 0 aliphatic carbocycles. The van der Waals surface area contributed by atoms with Crippen LogP contribution in [0.4, 0.5) is 5.69 Å². The van der Waals surface area contributed by atoms with E-state index in [9.17, 15) is 9.59 Å². The number of nitrogens with one attached hydrogen (secondary N) is 3. The van der Waals surface area contributed by atoms with E-state index in [1.807, 2.05) is 37.3 Å². The predicted octanol–water partition coefficient (Wildman–Crippen LogP) is 4.96. The topological polar surface area (TPSA) is 70.2 Å². The van der Waals surface area contributed by atoms with Crippen LogP contribution in [0.2, 0.25) is 5.02 Å². The molecule has 30 heavy (non-hydrogen) atoms. The lowest BCUT2D eigenvalue weighted by atomic mass is 10.1. The van der Waals surface area contributed by atoms with E-state index in [0.717, 1.165) is 5.56 Å². The molecule has 0 aromatic heterocycles. The van der Waals surface area contributed by atoms with Gasteiger partial charge >= 0.3 is 0 Å². The highest BCUT2D eigenvalue weighted by Crippen LogP contribution is 2.18. The number of para-hydroxylation sites is 1. The van der Waals surface area contributed by atoms with E-state index in [1.165, 1.54) is 0 Å². The van der Waals surface area contributed by atoms with Crippen LogP contribution in [-0.4, -0.2) is 16.9 Å². The van der Waals surface area contributed by atoms with Gasteiger partial charge in [0.2, 0.25) is 0 Å². The Balaban J connectivity index is 1.67. The summed E-state index contributed by atoms with van der Waals surface area (Å²) in [5.41, 5.74) is 2.34. The third-order valence-electron chi connectivity index (χ3n) is 4.40. The van der Waals surface area contributed by atoms with Gasteiger partial charge in [-0.1, -0.05) is 54.1 Å². The number of rotatable bonds is 5. The molecule has 1 atom stereocenters. The van der Waals surface area contributed by atoms with Crippen molar-refractivity contribution in [3.05, 3.63) is 101 Å². The first kappa shape index (κ1) is 21.5. The van der Waals surface area contributed by atoms with Gasteiger partial charge in [0.05, 0.1) is 17.3 Å². The Kier molecular flexibility index (Phi) is 7.17. The minimum absolute atomic E-state index is 0.0892. The Morgan fingerprint density at radius 3 is 2.20 bits per heavy atom. The van der Waals surface area contributed by atoms with Crippen LogP contribution in [0.5, 0.6) is 0 Å². The number of halogens is 1. The van der Waals surface area contributed by atoms with Crippen molar-refractivity contribution in [2.75, 3.05) is 5.32 Å². The molecule has 0 bridgehead atoms. The van der Waals surface area contributed by atoms with E-state index >= 15 is 0 Å². The molecule has 7 heteroatoms. The summed E-state index contributed by atoms with van der Waals surface area (Å²) in [6.07, 6.45) is 0. The van der Waals surface area contributed by atoms with E-state index in [-0.39, 0.29) is 23.0 Å². The van der Waals surface area contributed by atoms with Crippen molar-refractivity contribution in [1.82, 2.24) is 10.6 Å². The number of hydrogen-bond donors (Lipinski definition) is 3. The summed E-state index contributed by atoms with van der Waals surface area (Å²) in [6.45, 7) is 1.92. The monoisotopic (exact) mass is 437 g/mol. The summed E-state index contributed by atoms with van der Waals surface area (Å²) < 4.78 is 0. The van der Waals surface area contributed by atoms with Gasteiger partial charge in [0, 0.05) is 10.6 Å². The highest BCUT2D eigenvalue weighted by Gasteiger charge is 2.16. The fourth-order valence-corrected chi connectivity index (χ4v) is 3.15. The average Bonchev–Trinajstić information content (AvgIpc) is 2.75.